The van der Waals surface area contributed by atoms with Crippen LogP contribution >= 0.6 is 0 Å². The maximum atomic E-state index is 11.4. The van der Waals surface area contributed by atoms with Crippen molar-refractivity contribution in [1.82, 2.24) is 0 Å². The minimum atomic E-state index is 0.332. The monoisotopic (exact) mass is 188 g/mol. The molecule has 0 aromatic heterocycles. The van der Waals surface area contributed by atoms with Crippen molar-refractivity contribution in [3.8, 4) is 0 Å². The first-order valence-corrected chi connectivity index (χ1v) is 5.59. The zero-order chi connectivity index (χ0) is 9.76. The summed E-state index contributed by atoms with van der Waals surface area (Å²) in [4.78, 5) is 11.4. The van der Waals surface area contributed by atoms with Gasteiger partial charge >= 0.3 is 0 Å². The van der Waals surface area contributed by atoms with Crippen LogP contribution in [0.3, 0.4) is 0 Å². The highest BCUT2D eigenvalue weighted by Gasteiger charge is 2.49. The largest absolute Gasteiger partial charge is 0.295 e. The summed E-state index contributed by atoms with van der Waals surface area (Å²) in [6, 6.07) is 0. The molecular weight excluding hydrogens is 172 g/mol. The summed E-state index contributed by atoms with van der Waals surface area (Å²) in [5.74, 6) is 1.68. The van der Waals surface area contributed by atoms with Crippen LogP contribution in [0.4, 0.5) is 0 Å². The summed E-state index contributed by atoms with van der Waals surface area (Å²) in [7, 11) is 0. The number of fused-ring (bicyclic) bond motifs is 2. The van der Waals surface area contributed by atoms with Crippen molar-refractivity contribution in [2.45, 2.75) is 32.1 Å². The van der Waals surface area contributed by atoms with Crippen LogP contribution in [0.1, 0.15) is 32.1 Å². The van der Waals surface area contributed by atoms with Gasteiger partial charge in [-0.25, -0.2) is 0 Å². The van der Waals surface area contributed by atoms with Gasteiger partial charge in [0, 0.05) is 6.42 Å². The van der Waals surface area contributed by atoms with Gasteiger partial charge in [-0.1, -0.05) is 18.2 Å². The van der Waals surface area contributed by atoms with Gasteiger partial charge in [-0.3, -0.25) is 4.79 Å². The van der Waals surface area contributed by atoms with E-state index in [1.54, 1.807) is 0 Å². The number of hydrogen-bond acceptors (Lipinski definition) is 1. The van der Waals surface area contributed by atoms with Crippen molar-refractivity contribution in [2.24, 2.45) is 17.3 Å². The van der Waals surface area contributed by atoms with Crippen molar-refractivity contribution in [1.29, 1.82) is 0 Å². The van der Waals surface area contributed by atoms with Gasteiger partial charge in [0.05, 0.1) is 0 Å². The Labute approximate surface area is 84.9 Å². The zero-order valence-electron chi connectivity index (χ0n) is 8.46. The van der Waals surface area contributed by atoms with Gasteiger partial charge in [-0.05, 0) is 49.0 Å². The number of hydrogen-bond donors (Lipinski definition) is 0. The molecule has 0 heterocycles. The molecule has 1 nitrogen and oxygen atoms in total. The maximum Gasteiger partial charge on any atom is 0.155 e. The van der Waals surface area contributed by atoms with E-state index in [0.29, 0.717) is 17.1 Å². The molecule has 0 amide bonds. The summed E-state index contributed by atoms with van der Waals surface area (Å²) in [5.41, 5.74) is 1.77. The van der Waals surface area contributed by atoms with Gasteiger partial charge in [0.2, 0.25) is 0 Å². The van der Waals surface area contributed by atoms with E-state index in [0.717, 1.165) is 18.8 Å². The molecule has 4 aliphatic carbocycles. The van der Waals surface area contributed by atoms with E-state index in [9.17, 15) is 4.79 Å². The topological polar surface area (TPSA) is 17.1 Å². The number of carbonyl (C=O) groups excluding carboxylic acids is 1. The molecule has 1 unspecified atom stereocenters. The standard InChI is InChI=1S/C13H16O/c1-9-8-13-4-2-10(9)6-11(13)7-12(14)3-5-13/h3,5,10-11H,1-2,4,6-8H2/t10-,11?,13+/m0/s1. The number of allylic oxidation sites excluding steroid dienone is 3. The minimum Gasteiger partial charge on any atom is -0.295 e. The van der Waals surface area contributed by atoms with E-state index in [-0.39, 0.29) is 0 Å². The third-order valence-corrected chi connectivity index (χ3v) is 4.52. The fraction of sp³-hybridized carbons (Fsp3) is 0.615. The van der Waals surface area contributed by atoms with Crippen LogP contribution in [0.25, 0.3) is 0 Å². The highest BCUT2D eigenvalue weighted by Crippen LogP contribution is 2.58. The van der Waals surface area contributed by atoms with Gasteiger partial charge in [0.25, 0.3) is 0 Å². The molecule has 4 aliphatic rings. The molecule has 3 atom stereocenters. The number of rotatable bonds is 0. The first-order chi connectivity index (χ1) is 6.70. The van der Waals surface area contributed by atoms with E-state index in [4.69, 9.17) is 0 Å². The molecule has 0 radical (unpaired) electrons. The Kier molecular flexibility index (Phi) is 1.56. The zero-order valence-corrected chi connectivity index (χ0v) is 8.46. The van der Waals surface area contributed by atoms with Crippen LogP contribution in [0.5, 0.6) is 0 Å². The van der Waals surface area contributed by atoms with Gasteiger partial charge in [0.1, 0.15) is 0 Å². The Morgan fingerprint density at radius 2 is 2.36 bits per heavy atom. The second-order valence-electron chi connectivity index (χ2n) is 5.24. The predicted octanol–water partition coefficient (Wildman–Crippen LogP) is 2.88. The summed E-state index contributed by atoms with van der Waals surface area (Å²) in [5, 5.41) is 0. The van der Waals surface area contributed by atoms with Crippen molar-refractivity contribution >= 4 is 5.78 Å². The molecule has 0 aromatic carbocycles. The normalized spacial score (nSPS) is 45.4. The highest BCUT2D eigenvalue weighted by atomic mass is 16.1. The molecule has 3 saturated carbocycles. The smallest absolute Gasteiger partial charge is 0.155 e. The first-order valence-electron chi connectivity index (χ1n) is 5.59. The van der Waals surface area contributed by atoms with Crippen molar-refractivity contribution in [3.63, 3.8) is 0 Å². The predicted molar refractivity (Wildman–Crippen MR) is 55.8 cm³/mol. The highest BCUT2D eigenvalue weighted by molar-refractivity contribution is 5.91. The summed E-state index contributed by atoms with van der Waals surface area (Å²) >= 11 is 0. The average Bonchev–Trinajstić information content (AvgIpc) is 2.17. The maximum absolute atomic E-state index is 11.4. The molecule has 14 heavy (non-hydrogen) atoms. The lowest BCUT2D eigenvalue weighted by Crippen LogP contribution is -2.44. The Morgan fingerprint density at radius 1 is 1.50 bits per heavy atom. The Hall–Kier alpha value is -0.850. The first kappa shape index (κ1) is 8.46. The second kappa shape index (κ2) is 2.59. The molecule has 0 N–H and O–H groups in total. The van der Waals surface area contributed by atoms with Crippen molar-refractivity contribution in [3.05, 3.63) is 24.3 Å². The van der Waals surface area contributed by atoms with Gasteiger partial charge < -0.3 is 0 Å². The molecule has 4 rings (SSSR count). The molecule has 1 spiro atoms. The van der Waals surface area contributed by atoms with E-state index in [2.05, 4.69) is 12.7 Å². The molecule has 0 saturated heterocycles. The third kappa shape index (κ3) is 0.985. The van der Waals surface area contributed by atoms with E-state index >= 15 is 0 Å². The minimum absolute atomic E-state index is 0.332. The van der Waals surface area contributed by atoms with Crippen LogP contribution < -0.4 is 0 Å². The summed E-state index contributed by atoms with van der Waals surface area (Å²) in [6.45, 7) is 4.18. The van der Waals surface area contributed by atoms with Crippen LogP contribution in [-0.4, -0.2) is 5.78 Å². The van der Waals surface area contributed by atoms with Gasteiger partial charge in [-0.2, -0.15) is 0 Å². The van der Waals surface area contributed by atoms with Crippen LogP contribution in [-0.2, 0) is 4.79 Å². The number of ketones is 1. The quantitative estimate of drug-likeness (QED) is 0.534. The van der Waals surface area contributed by atoms with E-state index in [1.165, 1.54) is 24.8 Å². The van der Waals surface area contributed by atoms with Crippen LogP contribution in [0, 0.1) is 17.3 Å². The third-order valence-electron chi connectivity index (χ3n) is 4.52. The Morgan fingerprint density at radius 3 is 3.14 bits per heavy atom. The lowest BCUT2D eigenvalue weighted by molar-refractivity contribution is -0.118. The van der Waals surface area contributed by atoms with E-state index in [1.807, 2.05) is 6.08 Å². The lowest BCUT2D eigenvalue weighted by atomic mass is 9.51. The fourth-order valence-electron chi connectivity index (χ4n) is 3.65. The molecule has 2 bridgehead atoms. The van der Waals surface area contributed by atoms with Crippen LogP contribution in [0.2, 0.25) is 0 Å². The number of carbonyl (C=O) groups is 1. The molecule has 74 valence electrons. The van der Waals surface area contributed by atoms with Gasteiger partial charge in [-0.15, -0.1) is 0 Å². The Bertz CT molecular complexity index is 339. The molecular formula is C13H16O. The molecule has 1 heteroatoms. The molecule has 0 aliphatic heterocycles. The molecule has 3 fully saturated rings. The second-order valence-corrected chi connectivity index (χ2v) is 5.24. The average molecular weight is 188 g/mol. The summed E-state index contributed by atoms with van der Waals surface area (Å²) in [6.07, 6.45) is 9.75. The summed E-state index contributed by atoms with van der Waals surface area (Å²) < 4.78 is 0. The Balaban J connectivity index is 2.02. The van der Waals surface area contributed by atoms with Crippen LogP contribution in [0.15, 0.2) is 24.3 Å². The SMILES string of the molecule is C=C1C[C@@]23C=CC(=O)CC2C[C@@H]1CC3. The van der Waals surface area contributed by atoms with E-state index < -0.39 is 0 Å². The fourth-order valence-corrected chi connectivity index (χ4v) is 3.65. The lowest BCUT2D eigenvalue weighted by Gasteiger charge is -2.53. The molecule has 0 aromatic rings. The van der Waals surface area contributed by atoms with Gasteiger partial charge in [0.15, 0.2) is 5.78 Å². The van der Waals surface area contributed by atoms with Crippen molar-refractivity contribution < 1.29 is 4.79 Å². The van der Waals surface area contributed by atoms with Crippen molar-refractivity contribution in [2.75, 3.05) is 0 Å².